The molecule has 5 aromatic rings. The Morgan fingerprint density at radius 1 is 1.02 bits per heavy atom. The summed E-state index contributed by atoms with van der Waals surface area (Å²) < 4.78 is 14.5. The molecule has 3 N–H and O–H groups in total. The van der Waals surface area contributed by atoms with E-state index in [0.29, 0.717) is 47.3 Å². The van der Waals surface area contributed by atoms with Gasteiger partial charge < -0.3 is 19.6 Å². The predicted molar refractivity (Wildman–Crippen MR) is 192 cm³/mol. The maximum atomic E-state index is 11.6. The van der Waals surface area contributed by atoms with Crippen LogP contribution in [0.2, 0.25) is 10.2 Å². The van der Waals surface area contributed by atoms with Gasteiger partial charge in [-0.1, -0.05) is 106 Å². The van der Waals surface area contributed by atoms with Gasteiger partial charge in [-0.15, -0.1) is 0 Å². The zero-order chi connectivity index (χ0) is 34.3. The molecule has 252 valence electrons. The highest BCUT2D eigenvalue weighted by molar-refractivity contribution is 6.99. The van der Waals surface area contributed by atoms with Gasteiger partial charge in [-0.3, -0.25) is 10.00 Å². The number of nitrogens with zero attached hydrogens (tertiary/aromatic N) is 5. The molecule has 0 aliphatic carbocycles. The van der Waals surface area contributed by atoms with Crippen LogP contribution in [0.25, 0.3) is 11.0 Å². The van der Waals surface area contributed by atoms with Crippen molar-refractivity contribution in [3.63, 3.8) is 0 Å². The number of aromatic nitrogens is 5. The molecule has 5 rings (SSSR count). The first kappa shape index (κ1) is 34.8. The molecular formula is C35H42ClN7O4Si. The van der Waals surface area contributed by atoms with Crippen molar-refractivity contribution in [2.45, 2.75) is 64.6 Å². The van der Waals surface area contributed by atoms with Crippen molar-refractivity contribution in [2.24, 2.45) is 0 Å². The summed E-state index contributed by atoms with van der Waals surface area (Å²) in [7, 11) is -1.16. The van der Waals surface area contributed by atoms with E-state index in [2.05, 4.69) is 107 Å². The Balaban J connectivity index is 1.48. The average molecular weight is 688 g/mol. The minimum Gasteiger partial charge on any atom is -0.496 e. The van der Waals surface area contributed by atoms with Gasteiger partial charge in [-0.2, -0.15) is 10.1 Å². The van der Waals surface area contributed by atoms with Gasteiger partial charge in [0.25, 0.3) is 8.32 Å². The molecular weight excluding hydrogens is 646 g/mol. The maximum absolute atomic E-state index is 11.6. The van der Waals surface area contributed by atoms with Crippen molar-refractivity contribution in [1.82, 2.24) is 24.7 Å². The summed E-state index contributed by atoms with van der Waals surface area (Å²) in [4.78, 5) is 24.8. The number of methoxy groups -OCH3 is 1. The fourth-order valence-electron chi connectivity index (χ4n) is 6.23. The first-order valence-electron chi connectivity index (χ1n) is 16.0. The summed E-state index contributed by atoms with van der Waals surface area (Å²) in [5.74, 6) is 0.996. The third-order valence-corrected chi connectivity index (χ3v) is 13.6. The molecule has 0 unspecified atom stereocenters. The lowest BCUT2D eigenvalue weighted by atomic mass is 10.1. The largest absolute Gasteiger partial charge is 0.496 e. The van der Waals surface area contributed by atoms with E-state index >= 15 is 0 Å². The van der Waals surface area contributed by atoms with Crippen LogP contribution in [0.4, 0.5) is 16.6 Å². The first-order valence-corrected chi connectivity index (χ1v) is 18.3. The van der Waals surface area contributed by atoms with Crippen molar-refractivity contribution in [3.8, 4) is 5.75 Å². The van der Waals surface area contributed by atoms with Gasteiger partial charge in [0.2, 0.25) is 5.95 Å². The van der Waals surface area contributed by atoms with E-state index < -0.39 is 14.4 Å². The van der Waals surface area contributed by atoms with Crippen LogP contribution in [0.1, 0.15) is 52.5 Å². The normalized spacial score (nSPS) is 12.5. The van der Waals surface area contributed by atoms with Gasteiger partial charge in [0.05, 0.1) is 19.9 Å². The van der Waals surface area contributed by atoms with Crippen LogP contribution in [0.15, 0.2) is 79.1 Å². The second-order valence-corrected chi connectivity index (χ2v) is 17.3. The zero-order valence-electron chi connectivity index (χ0n) is 27.9. The van der Waals surface area contributed by atoms with Crippen molar-refractivity contribution in [1.29, 1.82) is 0 Å². The van der Waals surface area contributed by atoms with Crippen molar-refractivity contribution >= 4 is 59.2 Å². The van der Waals surface area contributed by atoms with Crippen LogP contribution in [0, 0.1) is 0 Å². The van der Waals surface area contributed by atoms with Crippen LogP contribution in [0.5, 0.6) is 5.75 Å². The molecule has 0 saturated heterocycles. The van der Waals surface area contributed by atoms with Crippen LogP contribution >= 0.6 is 11.6 Å². The molecule has 1 amide bonds. The summed E-state index contributed by atoms with van der Waals surface area (Å²) in [6.07, 6.45) is 4.41. The molecule has 48 heavy (non-hydrogen) atoms. The summed E-state index contributed by atoms with van der Waals surface area (Å²) in [6, 6.07) is 22.8. The molecule has 0 spiro atoms. The topological polar surface area (TPSA) is 136 Å². The number of hydrogen-bond acceptors (Lipinski definition) is 8. The number of halogens is 1. The van der Waals surface area contributed by atoms with E-state index in [0.717, 1.165) is 18.4 Å². The second kappa shape index (κ2) is 15.1. The number of nitrogens with one attached hydrogen (secondary N) is 2. The number of amides is 1. The monoisotopic (exact) mass is 687 g/mol. The van der Waals surface area contributed by atoms with Gasteiger partial charge in [0.15, 0.2) is 5.82 Å². The molecule has 11 nitrogen and oxygen atoms in total. The highest BCUT2D eigenvalue weighted by Crippen LogP contribution is 2.37. The molecule has 0 bridgehead atoms. The van der Waals surface area contributed by atoms with Crippen molar-refractivity contribution in [2.75, 3.05) is 24.4 Å². The Morgan fingerprint density at radius 3 is 2.27 bits per heavy atom. The van der Waals surface area contributed by atoms with E-state index in [1.54, 1.807) is 30.3 Å². The van der Waals surface area contributed by atoms with Gasteiger partial charge in [0.1, 0.15) is 21.9 Å². The minimum atomic E-state index is -2.73. The Kier molecular flexibility index (Phi) is 11.0. The Bertz CT molecular complexity index is 1790. The zero-order valence-corrected chi connectivity index (χ0v) is 29.7. The van der Waals surface area contributed by atoms with Gasteiger partial charge >= 0.3 is 6.09 Å². The van der Waals surface area contributed by atoms with Crippen LogP contribution in [0.3, 0.4) is 0 Å². The van der Waals surface area contributed by atoms with Crippen LogP contribution < -0.4 is 25.7 Å². The molecule has 1 atom stereocenters. The molecule has 3 heterocycles. The Labute approximate surface area is 286 Å². The summed E-state index contributed by atoms with van der Waals surface area (Å²) in [5.41, 5.74) is 1.86. The number of carbonyl (C=O) groups is 1. The highest BCUT2D eigenvalue weighted by Gasteiger charge is 2.50. The second-order valence-electron chi connectivity index (χ2n) is 12.6. The van der Waals surface area contributed by atoms with Crippen LogP contribution in [-0.4, -0.2) is 64.0 Å². The fourth-order valence-corrected chi connectivity index (χ4v) is 11.0. The van der Waals surface area contributed by atoms with Gasteiger partial charge in [0, 0.05) is 30.5 Å². The van der Waals surface area contributed by atoms with Crippen molar-refractivity contribution in [3.05, 3.63) is 89.8 Å². The first-order chi connectivity index (χ1) is 23.1. The summed E-state index contributed by atoms with van der Waals surface area (Å²) in [5, 5.41) is 22.5. The molecule has 0 aliphatic rings. The number of benzene rings is 2. The highest BCUT2D eigenvalue weighted by atomic mass is 35.5. The Hall–Kier alpha value is -4.52. The minimum absolute atomic E-state index is 0.0402. The maximum Gasteiger partial charge on any atom is 0.411 e. The third kappa shape index (κ3) is 7.61. The molecule has 0 aliphatic heterocycles. The Morgan fingerprint density at radius 2 is 1.69 bits per heavy atom. The predicted octanol–water partition coefficient (Wildman–Crippen LogP) is 6.57. The molecule has 3 aromatic heterocycles. The van der Waals surface area contributed by atoms with Crippen LogP contribution in [-0.2, 0) is 11.0 Å². The van der Waals surface area contributed by atoms with Gasteiger partial charge in [-0.05, 0) is 28.3 Å². The molecule has 13 heteroatoms. The lowest BCUT2D eigenvalue weighted by Gasteiger charge is -2.43. The fraction of sp³-hybridized carbons (Fsp3) is 0.343. The number of rotatable bonds is 14. The average Bonchev–Trinajstić information content (AvgIpc) is 3.46. The summed E-state index contributed by atoms with van der Waals surface area (Å²) >= 11 is 6.10. The smallest absolute Gasteiger partial charge is 0.411 e. The SMILES string of the molecule is CCC[C@@H](CCO[Si](c1ccccc1)(c1ccccc1)C(C)(C)C)Nc1nc(NC(=O)O)nc2cnn(Cc3cnc(Cl)cc3OC)c12. The number of carboxylic acid groups (broad SMARTS) is 1. The molecule has 0 radical (unpaired) electrons. The van der Waals surface area contributed by atoms with Gasteiger partial charge in [-0.25, -0.2) is 14.8 Å². The number of anilines is 2. The number of pyridine rings is 1. The van der Waals surface area contributed by atoms with E-state index in [4.69, 9.17) is 20.8 Å². The van der Waals surface area contributed by atoms with Crippen molar-refractivity contribution < 1.29 is 19.1 Å². The van der Waals surface area contributed by atoms with E-state index in [1.165, 1.54) is 10.4 Å². The number of hydrogen-bond donors (Lipinski definition) is 3. The quantitative estimate of drug-likeness (QED) is 0.0875. The standard InChI is InChI=1S/C35H42ClN7O4Si/c1-6-13-25(18-19-47-48(35(2,3)4,26-14-9-7-10-15-26)27-16-11-8-12-17-27)39-32-31-28(40-33(41-32)42-34(44)45)22-38-43(31)23-24-21-37-30(36)20-29(24)46-5/h7-12,14-17,20-22,25H,6,13,18-19,23H2,1-5H3,(H,44,45)(H2,39,40,41,42)/t25-/m0/s1. The van der Waals surface area contributed by atoms with E-state index in [9.17, 15) is 9.90 Å². The molecule has 0 saturated carbocycles. The molecule has 2 aromatic carbocycles. The van der Waals surface area contributed by atoms with E-state index in [1.807, 2.05) is 12.1 Å². The number of ether oxygens (including phenoxy) is 1. The lowest BCUT2D eigenvalue weighted by molar-refractivity contribution is 0.209. The van der Waals surface area contributed by atoms with E-state index in [-0.39, 0.29) is 17.0 Å². The molecule has 0 fully saturated rings. The summed E-state index contributed by atoms with van der Waals surface area (Å²) in [6.45, 7) is 9.74. The third-order valence-electron chi connectivity index (χ3n) is 8.34. The number of fused-ring (bicyclic) bond motifs is 1. The lowest BCUT2D eigenvalue weighted by Crippen LogP contribution is -2.66.